The summed E-state index contributed by atoms with van der Waals surface area (Å²) in [5.41, 5.74) is 0.586. The SMILES string of the molecule is CN1C(=O)C(=NC(Br)C(Br)(Br)Br)N(c2ccccc2)C1=O. The largest absolute Gasteiger partial charge is 0.337 e. The number of aliphatic imine (C=N–C) groups is 1. The Kier molecular flexibility index (Phi) is 5.27. The maximum atomic E-state index is 12.3. The normalized spacial score (nSPS) is 19.6. The van der Waals surface area contributed by atoms with E-state index in [1.807, 2.05) is 6.07 Å². The van der Waals surface area contributed by atoms with Gasteiger partial charge in [-0.2, -0.15) is 0 Å². The number of imide groups is 1. The standard InChI is InChI=1S/C12H9Br4N3O2/c1-18-9(20)8(17-10(13)12(14,15)16)19(11(18)21)7-5-3-2-4-6-7/h2-6,10H,1H3. The van der Waals surface area contributed by atoms with Gasteiger partial charge in [0, 0.05) is 7.05 Å². The van der Waals surface area contributed by atoms with Crippen LogP contribution in [0.4, 0.5) is 10.5 Å². The van der Waals surface area contributed by atoms with E-state index < -0.39 is 19.0 Å². The maximum absolute atomic E-state index is 12.3. The number of carbonyl (C=O) groups is 2. The maximum Gasteiger partial charge on any atom is 0.337 e. The Labute approximate surface area is 155 Å². The Morgan fingerprint density at radius 1 is 1.14 bits per heavy atom. The monoisotopic (exact) mass is 543 g/mol. The van der Waals surface area contributed by atoms with Crippen molar-refractivity contribution >= 4 is 87.2 Å². The number of anilines is 1. The van der Waals surface area contributed by atoms with Crippen molar-refractivity contribution in [1.29, 1.82) is 0 Å². The van der Waals surface area contributed by atoms with Gasteiger partial charge in [0.1, 0.15) is 4.95 Å². The van der Waals surface area contributed by atoms with Gasteiger partial charge in [0.15, 0.2) is 2.14 Å². The summed E-state index contributed by atoms with van der Waals surface area (Å²) < 4.78 is -0.729. The molecule has 2 rings (SSSR count). The Morgan fingerprint density at radius 2 is 1.71 bits per heavy atom. The van der Waals surface area contributed by atoms with Gasteiger partial charge in [0.05, 0.1) is 5.69 Å². The van der Waals surface area contributed by atoms with Gasteiger partial charge in [-0.15, -0.1) is 0 Å². The van der Waals surface area contributed by atoms with E-state index in [1.165, 1.54) is 11.9 Å². The zero-order chi connectivity index (χ0) is 15.8. The van der Waals surface area contributed by atoms with Gasteiger partial charge < -0.3 is 0 Å². The van der Waals surface area contributed by atoms with Gasteiger partial charge in [-0.3, -0.25) is 9.69 Å². The van der Waals surface area contributed by atoms with Crippen LogP contribution in [0.1, 0.15) is 0 Å². The van der Waals surface area contributed by atoms with Crippen molar-refractivity contribution in [3.05, 3.63) is 30.3 Å². The molecule has 0 saturated carbocycles. The van der Waals surface area contributed by atoms with Gasteiger partial charge >= 0.3 is 6.03 Å². The first-order valence-electron chi connectivity index (χ1n) is 5.69. The smallest absolute Gasteiger partial charge is 0.265 e. The van der Waals surface area contributed by atoms with E-state index in [2.05, 4.69) is 68.7 Å². The van der Waals surface area contributed by atoms with Crippen molar-refractivity contribution in [3.8, 4) is 0 Å². The van der Waals surface area contributed by atoms with Crippen LogP contribution in [0.5, 0.6) is 0 Å². The molecule has 1 heterocycles. The number of alkyl halides is 4. The van der Waals surface area contributed by atoms with Crippen LogP contribution in [-0.4, -0.2) is 36.8 Å². The van der Waals surface area contributed by atoms with Crippen LogP contribution in [-0.2, 0) is 4.79 Å². The fourth-order valence-electron chi connectivity index (χ4n) is 1.68. The number of likely N-dealkylation sites (N-methyl/N-ethyl adjacent to an activating group) is 1. The molecule has 1 aromatic rings. The lowest BCUT2D eigenvalue weighted by atomic mass is 10.3. The van der Waals surface area contributed by atoms with E-state index in [9.17, 15) is 9.59 Å². The molecule has 0 N–H and O–H groups in total. The van der Waals surface area contributed by atoms with Crippen molar-refractivity contribution in [1.82, 2.24) is 4.90 Å². The van der Waals surface area contributed by atoms with Gasteiger partial charge in [0.25, 0.3) is 5.91 Å². The molecule has 0 aromatic heterocycles. The Hall–Kier alpha value is -0.250. The van der Waals surface area contributed by atoms with Gasteiger partial charge in [-0.1, -0.05) is 81.9 Å². The van der Waals surface area contributed by atoms with E-state index in [4.69, 9.17) is 0 Å². The Bertz CT molecular complexity index is 600. The molecular formula is C12H9Br4N3O2. The molecular weight excluding hydrogens is 538 g/mol. The van der Waals surface area contributed by atoms with Gasteiger partial charge in [0.2, 0.25) is 5.84 Å². The second-order valence-electron chi connectivity index (χ2n) is 4.15. The molecule has 0 spiro atoms. The van der Waals surface area contributed by atoms with E-state index in [1.54, 1.807) is 24.3 Å². The minimum absolute atomic E-state index is 0.0540. The molecule has 0 aliphatic carbocycles. The molecule has 1 fully saturated rings. The van der Waals surface area contributed by atoms with Crippen molar-refractivity contribution in [3.63, 3.8) is 0 Å². The number of urea groups is 1. The molecule has 1 aliphatic rings. The number of rotatable bonds is 2. The van der Waals surface area contributed by atoms with Crippen LogP contribution in [0.3, 0.4) is 0 Å². The van der Waals surface area contributed by atoms with Crippen LogP contribution in [0, 0.1) is 0 Å². The summed E-state index contributed by atoms with van der Waals surface area (Å²) in [5.74, 6) is -0.400. The molecule has 0 radical (unpaired) electrons. The zero-order valence-electron chi connectivity index (χ0n) is 10.6. The number of amidine groups is 1. The van der Waals surface area contributed by atoms with E-state index in [0.29, 0.717) is 5.69 Å². The first-order valence-corrected chi connectivity index (χ1v) is 8.98. The van der Waals surface area contributed by atoms with Crippen molar-refractivity contribution < 1.29 is 9.59 Å². The number of benzene rings is 1. The lowest BCUT2D eigenvalue weighted by Crippen LogP contribution is -2.32. The summed E-state index contributed by atoms with van der Waals surface area (Å²) in [5, 5.41) is 0. The highest BCUT2D eigenvalue weighted by atomic mass is 80.0. The fourth-order valence-corrected chi connectivity index (χ4v) is 2.18. The van der Waals surface area contributed by atoms with Gasteiger partial charge in [-0.05, 0) is 12.1 Å². The average Bonchev–Trinajstić information content (AvgIpc) is 2.63. The number of carbonyl (C=O) groups excluding carboxylic acids is 2. The molecule has 3 amide bonds. The van der Waals surface area contributed by atoms with E-state index in [0.717, 1.165) is 4.90 Å². The molecule has 0 bridgehead atoms. The number of nitrogens with zero attached hydrogens (tertiary/aromatic N) is 3. The molecule has 9 heteroatoms. The average molecular weight is 547 g/mol. The summed E-state index contributed by atoms with van der Waals surface area (Å²) >= 11 is 13.3. The summed E-state index contributed by atoms with van der Waals surface area (Å²) in [7, 11) is 1.43. The highest BCUT2D eigenvalue weighted by molar-refractivity contribution is 9.40. The second-order valence-corrected chi connectivity index (χ2v) is 12.0. The molecule has 1 aliphatic heterocycles. The number of para-hydroxylation sites is 1. The zero-order valence-corrected chi connectivity index (χ0v) is 17.0. The Balaban J connectivity index is 2.48. The van der Waals surface area contributed by atoms with Gasteiger partial charge in [-0.25, -0.2) is 14.7 Å². The second kappa shape index (κ2) is 6.47. The molecule has 5 nitrogen and oxygen atoms in total. The minimum atomic E-state index is -0.729. The molecule has 1 unspecified atom stereocenters. The number of halogens is 4. The predicted octanol–water partition coefficient (Wildman–Crippen LogP) is 4.04. The number of hydrogen-bond acceptors (Lipinski definition) is 3. The van der Waals surface area contributed by atoms with Crippen molar-refractivity contribution in [2.24, 2.45) is 4.99 Å². The summed E-state index contributed by atoms with van der Waals surface area (Å²) in [6.07, 6.45) is 0. The lowest BCUT2D eigenvalue weighted by molar-refractivity contribution is -0.119. The third-order valence-corrected chi connectivity index (χ3v) is 6.74. The van der Waals surface area contributed by atoms with E-state index in [-0.39, 0.29) is 5.84 Å². The van der Waals surface area contributed by atoms with Crippen molar-refractivity contribution in [2.45, 2.75) is 7.09 Å². The van der Waals surface area contributed by atoms with Crippen LogP contribution < -0.4 is 4.90 Å². The quantitative estimate of drug-likeness (QED) is 0.319. The Morgan fingerprint density at radius 3 is 2.24 bits per heavy atom. The van der Waals surface area contributed by atoms with Crippen LogP contribution in [0.2, 0.25) is 0 Å². The highest BCUT2D eigenvalue weighted by Gasteiger charge is 2.42. The lowest BCUT2D eigenvalue weighted by Gasteiger charge is -2.19. The third-order valence-electron chi connectivity index (χ3n) is 2.71. The fraction of sp³-hybridized carbons (Fsp3) is 0.250. The molecule has 21 heavy (non-hydrogen) atoms. The van der Waals surface area contributed by atoms with Crippen LogP contribution in [0.25, 0.3) is 0 Å². The summed E-state index contributed by atoms with van der Waals surface area (Å²) in [4.78, 5) is 30.6. The predicted molar refractivity (Wildman–Crippen MR) is 96.7 cm³/mol. The highest BCUT2D eigenvalue weighted by Crippen LogP contribution is 2.42. The summed E-state index contributed by atoms with van der Waals surface area (Å²) in [6, 6.07) is 8.46. The van der Waals surface area contributed by atoms with E-state index >= 15 is 0 Å². The van der Waals surface area contributed by atoms with Crippen LogP contribution >= 0.6 is 63.7 Å². The number of hydrogen-bond donors (Lipinski definition) is 0. The molecule has 1 atom stereocenters. The molecule has 112 valence electrons. The molecule has 1 saturated heterocycles. The topological polar surface area (TPSA) is 53.0 Å². The molecule has 1 aromatic carbocycles. The minimum Gasteiger partial charge on any atom is -0.265 e. The summed E-state index contributed by atoms with van der Waals surface area (Å²) in [6.45, 7) is 0. The first-order chi connectivity index (χ1) is 9.73. The van der Waals surface area contributed by atoms with Crippen molar-refractivity contribution in [2.75, 3.05) is 11.9 Å². The third kappa shape index (κ3) is 3.57. The van der Waals surface area contributed by atoms with Crippen LogP contribution in [0.15, 0.2) is 35.3 Å². The number of amides is 3. The first kappa shape index (κ1) is 17.1.